The number of nitrogens with zero attached hydrogens (tertiary/aromatic N) is 1. The number of hydrogen-bond donors (Lipinski definition) is 1. The van der Waals surface area contributed by atoms with Gasteiger partial charge in [0.15, 0.2) is 11.6 Å². The van der Waals surface area contributed by atoms with Gasteiger partial charge in [-0.15, -0.1) is 0 Å². The van der Waals surface area contributed by atoms with E-state index in [1.165, 1.54) is 0 Å². The second-order valence-corrected chi connectivity index (χ2v) is 7.45. The molecule has 1 N–H and O–H groups in total. The molecule has 0 saturated heterocycles. The number of amides is 1. The third-order valence-electron chi connectivity index (χ3n) is 3.55. The summed E-state index contributed by atoms with van der Waals surface area (Å²) in [5.41, 5.74) is 1.47. The molecule has 0 aromatic heterocycles. The van der Waals surface area contributed by atoms with E-state index in [-0.39, 0.29) is 24.6 Å². The topological polar surface area (TPSA) is 66.5 Å². The molecular weight excluding hydrogens is 350 g/mol. The first-order valence-electron chi connectivity index (χ1n) is 7.47. The van der Waals surface area contributed by atoms with Crippen LogP contribution in [-0.2, 0) is 14.8 Å². The van der Waals surface area contributed by atoms with Crippen molar-refractivity contribution in [3.63, 3.8) is 0 Å². The number of halogens is 2. The van der Waals surface area contributed by atoms with Gasteiger partial charge in [-0.3, -0.25) is 9.10 Å². The number of sulfonamides is 1. The lowest BCUT2D eigenvalue weighted by Gasteiger charge is -2.22. The summed E-state index contributed by atoms with van der Waals surface area (Å²) < 4.78 is 51.2. The highest BCUT2D eigenvalue weighted by molar-refractivity contribution is 7.92. The minimum absolute atomic E-state index is 0.0370. The molecule has 0 unspecified atom stereocenters. The van der Waals surface area contributed by atoms with E-state index in [4.69, 9.17) is 0 Å². The van der Waals surface area contributed by atoms with Gasteiger partial charge in [0.1, 0.15) is 0 Å². The molecule has 0 fully saturated rings. The van der Waals surface area contributed by atoms with Gasteiger partial charge in [-0.2, -0.15) is 0 Å². The van der Waals surface area contributed by atoms with Crippen LogP contribution in [0.3, 0.4) is 0 Å². The predicted molar refractivity (Wildman–Crippen MR) is 93.0 cm³/mol. The van der Waals surface area contributed by atoms with Crippen LogP contribution < -0.4 is 9.62 Å². The average molecular weight is 368 g/mol. The molecule has 0 heterocycles. The maximum absolute atomic E-state index is 13.4. The normalized spacial score (nSPS) is 11.2. The molecule has 0 aliphatic heterocycles. The van der Waals surface area contributed by atoms with Crippen LogP contribution in [0, 0.1) is 18.6 Å². The number of benzene rings is 2. The van der Waals surface area contributed by atoms with Crippen LogP contribution in [0.25, 0.3) is 0 Å². The Balaban J connectivity index is 2.12. The molecule has 5 nitrogen and oxygen atoms in total. The summed E-state index contributed by atoms with van der Waals surface area (Å²) in [4.78, 5) is 12.1. The number of aryl methyl sites for hydroxylation is 1. The number of hydrogen-bond acceptors (Lipinski definition) is 3. The van der Waals surface area contributed by atoms with Crippen molar-refractivity contribution >= 4 is 27.3 Å². The Kier molecular flexibility index (Phi) is 5.73. The molecule has 2 aromatic rings. The summed E-state index contributed by atoms with van der Waals surface area (Å²) in [5.74, 6) is -2.62. The van der Waals surface area contributed by atoms with E-state index in [1.807, 2.05) is 19.1 Å². The Morgan fingerprint density at radius 2 is 1.80 bits per heavy atom. The van der Waals surface area contributed by atoms with Crippen LogP contribution in [0.2, 0.25) is 0 Å². The molecule has 0 bridgehead atoms. The maximum Gasteiger partial charge on any atom is 0.232 e. The largest absolute Gasteiger partial charge is 0.326 e. The van der Waals surface area contributed by atoms with Gasteiger partial charge < -0.3 is 5.32 Å². The monoisotopic (exact) mass is 368 g/mol. The highest BCUT2D eigenvalue weighted by Crippen LogP contribution is 2.21. The Morgan fingerprint density at radius 1 is 1.12 bits per heavy atom. The van der Waals surface area contributed by atoms with E-state index in [0.29, 0.717) is 5.69 Å². The molecule has 0 saturated carbocycles. The van der Waals surface area contributed by atoms with Crippen LogP contribution in [-0.4, -0.2) is 27.1 Å². The fourth-order valence-electron chi connectivity index (χ4n) is 2.26. The van der Waals surface area contributed by atoms with E-state index in [0.717, 1.165) is 34.3 Å². The number of carbonyl (C=O) groups excluding carboxylic acids is 1. The van der Waals surface area contributed by atoms with Crippen LogP contribution >= 0.6 is 0 Å². The van der Waals surface area contributed by atoms with Gasteiger partial charge in [0, 0.05) is 24.7 Å². The number of para-hydroxylation sites is 1. The Morgan fingerprint density at radius 3 is 2.40 bits per heavy atom. The van der Waals surface area contributed by atoms with Crippen molar-refractivity contribution in [2.75, 3.05) is 22.4 Å². The minimum atomic E-state index is -3.76. The number of anilines is 2. The minimum Gasteiger partial charge on any atom is -0.326 e. The van der Waals surface area contributed by atoms with E-state index in [1.54, 1.807) is 12.1 Å². The van der Waals surface area contributed by atoms with E-state index < -0.39 is 21.7 Å². The van der Waals surface area contributed by atoms with Crippen LogP contribution in [0.15, 0.2) is 42.5 Å². The fraction of sp³-hybridized carbons (Fsp3) is 0.235. The third-order valence-corrected chi connectivity index (χ3v) is 4.75. The standard InChI is InChI=1S/C17H18F2N2O3S/c1-12-5-3-4-6-16(12)20-17(22)9-10-21(25(2,23)24)13-7-8-14(18)15(19)11-13/h3-8,11H,9-10H2,1-2H3,(H,20,22). The zero-order valence-corrected chi connectivity index (χ0v) is 14.6. The summed E-state index contributed by atoms with van der Waals surface area (Å²) in [5, 5.41) is 2.69. The number of rotatable bonds is 6. The van der Waals surface area contributed by atoms with Gasteiger partial charge in [0.25, 0.3) is 0 Å². The Bertz CT molecular complexity index is 885. The van der Waals surface area contributed by atoms with E-state index in [9.17, 15) is 22.0 Å². The Labute approximate surface area is 145 Å². The Hall–Kier alpha value is -2.48. The van der Waals surface area contributed by atoms with Crippen LogP contribution in [0.4, 0.5) is 20.2 Å². The third kappa shape index (κ3) is 4.99. The fourth-order valence-corrected chi connectivity index (χ4v) is 3.17. The molecule has 2 rings (SSSR count). The summed E-state index contributed by atoms with van der Waals surface area (Å²) in [6.07, 6.45) is 0.800. The quantitative estimate of drug-likeness (QED) is 0.852. The summed E-state index contributed by atoms with van der Waals surface area (Å²) in [6.45, 7) is 1.64. The molecule has 0 radical (unpaired) electrons. The zero-order valence-electron chi connectivity index (χ0n) is 13.8. The molecule has 25 heavy (non-hydrogen) atoms. The van der Waals surface area contributed by atoms with Crippen LogP contribution in [0.5, 0.6) is 0 Å². The zero-order chi connectivity index (χ0) is 18.6. The van der Waals surface area contributed by atoms with Crippen molar-refractivity contribution in [3.05, 3.63) is 59.7 Å². The molecule has 8 heteroatoms. The van der Waals surface area contributed by atoms with Gasteiger partial charge in [-0.1, -0.05) is 18.2 Å². The van der Waals surface area contributed by atoms with Gasteiger partial charge in [0.2, 0.25) is 15.9 Å². The van der Waals surface area contributed by atoms with Crippen molar-refractivity contribution in [2.45, 2.75) is 13.3 Å². The first-order valence-corrected chi connectivity index (χ1v) is 9.31. The van der Waals surface area contributed by atoms with E-state index >= 15 is 0 Å². The average Bonchev–Trinajstić information content (AvgIpc) is 2.52. The highest BCUT2D eigenvalue weighted by Gasteiger charge is 2.20. The lowest BCUT2D eigenvalue weighted by atomic mass is 10.2. The van der Waals surface area contributed by atoms with Gasteiger partial charge in [-0.25, -0.2) is 17.2 Å². The van der Waals surface area contributed by atoms with Crippen molar-refractivity contribution in [1.82, 2.24) is 0 Å². The first kappa shape index (κ1) is 18.9. The molecule has 2 aromatic carbocycles. The summed E-state index contributed by atoms with van der Waals surface area (Å²) >= 11 is 0. The highest BCUT2D eigenvalue weighted by atomic mass is 32.2. The van der Waals surface area contributed by atoms with Crippen molar-refractivity contribution in [1.29, 1.82) is 0 Å². The molecule has 0 aliphatic rings. The summed E-state index contributed by atoms with van der Waals surface area (Å²) in [7, 11) is -3.76. The van der Waals surface area contributed by atoms with Gasteiger partial charge >= 0.3 is 0 Å². The second kappa shape index (κ2) is 7.60. The number of nitrogens with one attached hydrogen (secondary N) is 1. The van der Waals surface area contributed by atoms with Gasteiger partial charge in [0.05, 0.1) is 11.9 Å². The maximum atomic E-state index is 13.4. The molecule has 1 amide bonds. The summed E-state index contributed by atoms with van der Waals surface area (Å²) in [6, 6.07) is 9.95. The van der Waals surface area contributed by atoms with Crippen molar-refractivity contribution in [2.24, 2.45) is 0 Å². The van der Waals surface area contributed by atoms with E-state index in [2.05, 4.69) is 5.32 Å². The first-order chi connectivity index (χ1) is 11.7. The smallest absolute Gasteiger partial charge is 0.232 e. The van der Waals surface area contributed by atoms with Crippen molar-refractivity contribution in [3.8, 4) is 0 Å². The molecule has 134 valence electrons. The van der Waals surface area contributed by atoms with Gasteiger partial charge in [-0.05, 0) is 30.7 Å². The molecule has 0 aliphatic carbocycles. The second-order valence-electron chi connectivity index (χ2n) is 5.55. The molecule has 0 atom stereocenters. The predicted octanol–water partition coefficient (Wildman–Crippen LogP) is 3.07. The lowest BCUT2D eigenvalue weighted by molar-refractivity contribution is -0.116. The van der Waals surface area contributed by atoms with Crippen LogP contribution in [0.1, 0.15) is 12.0 Å². The lowest BCUT2D eigenvalue weighted by Crippen LogP contribution is -2.33. The SMILES string of the molecule is Cc1ccccc1NC(=O)CCN(c1ccc(F)c(F)c1)S(C)(=O)=O. The molecular formula is C17H18F2N2O3S. The number of carbonyl (C=O) groups is 1. The molecule has 0 spiro atoms. The van der Waals surface area contributed by atoms with Crippen molar-refractivity contribution < 1.29 is 22.0 Å².